The van der Waals surface area contributed by atoms with E-state index >= 15 is 0 Å². The topological polar surface area (TPSA) is 87.0 Å². The van der Waals surface area contributed by atoms with E-state index in [4.69, 9.17) is 4.74 Å². The van der Waals surface area contributed by atoms with E-state index in [0.717, 1.165) is 44.1 Å². The fraction of sp³-hybridized carbons (Fsp3) is 0.654. The maximum absolute atomic E-state index is 11.6. The number of hydrogen-bond acceptors (Lipinski definition) is 5. The molecule has 5 nitrogen and oxygen atoms in total. The molecule has 1 unspecified atom stereocenters. The summed E-state index contributed by atoms with van der Waals surface area (Å²) in [5.41, 5.74) is 2.31. The lowest BCUT2D eigenvalue weighted by atomic mass is 9.85. The monoisotopic (exact) mass is 432 g/mol. The Morgan fingerprint density at radius 3 is 2.58 bits per heavy atom. The molecule has 0 bridgehead atoms. The molecule has 1 aliphatic carbocycles. The number of aryl methyl sites for hydroxylation is 1. The van der Waals surface area contributed by atoms with Crippen molar-refractivity contribution in [3.63, 3.8) is 0 Å². The minimum absolute atomic E-state index is 0.0969. The van der Waals surface area contributed by atoms with Crippen LogP contribution in [0.4, 0.5) is 0 Å². The van der Waals surface area contributed by atoms with E-state index in [1.54, 1.807) is 6.08 Å². The first-order chi connectivity index (χ1) is 15.0. The highest BCUT2D eigenvalue weighted by atomic mass is 16.5. The van der Waals surface area contributed by atoms with Crippen LogP contribution < -0.4 is 0 Å². The van der Waals surface area contributed by atoms with Crippen LogP contribution in [0.3, 0.4) is 0 Å². The van der Waals surface area contributed by atoms with Crippen molar-refractivity contribution in [1.82, 2.24) is 0 Å². The molecule has 2 rings (SSSR count). The quantitative estimate of drug-likeness (QED) is 0.249. The number of unbranched alkanes of at least 4 members (excludes halogenated alkanes) is 2. The van der Waals surface area contributed by atoms with E-state index in [2.05, 4.69) is 19.1 Å². The summed E-state index contributed by atoms with van der Waals surface area (Å²) >= 11 is 0. The second kappa shape index (κ2) is 13.7. The van der Waals surface area contributed by atoms with Crippen LogP contribution in [-0.4, -0.2) is 46.2 Å². The molecule has 1 fully saturated rings. The van der Waals surface area contributed by atoms with Gasteiger partial charge in [0.15, 0.2) is 0 Å². The summed E-state index contributed by atoms with van der Waals surface area (Å²) in [5.74, 6) is -0.444. The molecule has 174 valence electrons. The number of benzene rings is 1. The number of esters is 1. The van der Waals surface area contributed by atoms with Crippen LogP contribution in [0.5, 0.6) is 0 Å². The smallest absolute Gasteiger partial charge is 0.305 e. The lowest BCUT2D eigenvalue weighted by Crippen LogP contribution is -2.23. The predicted molar refractivity (Wildman–Crippen MR) is 123 cm³/mol. The lowest BCUT2D eigenvalue weighted by Gasteiger charge is -2.22. The molecule has 0 saturated heterocycles. The Bertz CT molecular complexity index is 686. The molecule has 31 heavy (non-hydrogen) atoms. The fourth-order valence-corrected chi connectivity index (χ4v) is 4.53. The highest BCUT2D eigenvalue weighted by Crippen LogP contribution is 2.37. The Balaban J connectivity index is 2.01. The van der Waals surface area contributed by atoms with Gasteiger partial charge in [0.25, 0.3) is 0 Å². The Hall–Kier alpha value is -1.69. The van der Waals surface area contributed by atoms with Crippen LogP contribution in [0.25, 0.3) is 0 Å². The molecule has 0 heterocycles. The van der Waals surface area contributed by atoms with Crippen LogP contribution >= 0.6 is 0 Å². The van der Waals surface area contributed by atoms with Gasteiger partial charge in [-0.3, -0.25) is 4.79 Å². The molecule has 1 saturated carbocycles. The summed E-state index contributed by atoms with van der Waals surface area (Å²) < 4.78 is 5.01. The summed E-state index contributed by atoms with van der Waals surface area (Å²) in [6.45, 7) is 4.35. The zero-order chi connectivity index (χ0) is 22.6. The highest BCUT2D eigenvalue weighted by molar-refractivity contribution is 5.69. The second-order valence-corrected chi connectivity index (χ2v) is 8.69. The molecular weight excluding hydrogens is 392 g/mol. The summed E-state index contributed by atoms with van der Waals surface area (Å²) in [6.07, 6.45) is 8.86. The number of rotatable bonds is 13. The van der Waals surface area contributed by atoms with Crippen LogP contribution in [0.2, 0.25) is 0 Å². The molecule has 0 aromatic heterocycles. The molecule has 1 aromatic carbocycles. The average molecular weight is 433 g/mol. The van der Waals surface area contributed by atoms with Gasteiger partial charge in [0, 0.05) is 18.8 Å². The van der Waals surface area contributed by atoms with Gasteiger partial charge < -0.3 is 20.1 Å². The SMILES string of the molecule is CCCCC[C@H](O)C=C[C@H]1C(Cc2ccccc2CCCC(=O)OCC)[C@@H](O)C[C@@H]1O. The van der Waals surface area contributed by atoms with E-state index < -0.39 is 18.3 Å². The van der Waals surface area contributed by atoms with Crippen LogP contribution in [0.15, 0.2) is 36.4 Å². The van der Waals surface area contributed by atoms with Crippen molar-refractivity contribution in [2.24, 2.45) is 11.8 Å². The van der Waals surface area contributed by atoms with Gasteiger partial charge >= 0.3 is 5.97 Å². The van der Waals surface area contributed by atoms with Crippen molar-refractivity contribution in [3.8, 4) is 0 Å². The van der Waals surface area contributed by atoms with Gasteiger partial charge in [-0.05, 0) is 49.7 Å². The van der Waals surface area contributed by atoms with E-state index in [1.165, 1.54) is 5.56 Å². The standard InChI is InChI=1S/C26H40O5/c1-3-5-6-13-21(27)15-16-22-23(25(29)18-24(22)28)17-20-11-8-7-10-19(20)12-9-14-26(30)31-4-2/h7-8,10-11,15-16,21-25,27-29H,3-6,9,12-14,17-18H2,1-2H3/t21-,22-,23?,24-,25-/m0/s1. The summed E-state index contributed by atoms with van der Waals surface area (Å²) in [7, 11) is 0. The van der Waals surface area contributed by atoms with Gasteiger partial charge in [-0.1, -0.05) is 62.6 Å². The lowest BCUT2D eigenvalue weighted by molar-refractivity contribution is -0.143. The molecule has 0 amide bonds. The third-order valence-electron chi connectivity index (χ3n) is 6.28. The molecule has 1 aromatic rings. The van der Waals surface area contributed by atoms with Gasteiger partial charge in [0.05, 0.1) is 24.9 Å². The highest BCUT2D eigenvalue weighted by Gasteiger charge is 2.40. The predicted octanol–water partition coefficient (Wildman–Crippen LogP) is 3.97. The number of aliphatic hydroxyl groups excluding tert-OH is 3. The van der Waals surface area contributed by atoms with Gasteiger partial charge in [-0.15, -0.1) is 0 Å². The molecule has 5 heteroatoms. The Morgan fingerprint density at radius 1 is 1.13 bits per heavy atom. The number of carbonyl (C=O) groups excluding carboxylic acids is 1. The molecule has 1 aliphatic rings. The first kappa shape index (κ1) is 25.6. The molecule has 3 N–H and O–H groups in total. The fourth-order valence-electron chi connectivity index (χ4n) is 4.53. The summed E-state index contributed by atoms with van der Waals surface area (Å²) in [6, 6.07) is 8.12. The largest absolute Gasteiger partial charge is 0.466 e. The molecule has 0 radical (unpaired) electrons. The Labute approximate surface area is 187 Å². The van der Waals surface area contributed by atoms with E-state index in [-0.39, 0.29) is 17.8 Å². The molecule has 5 atom stereocenters. The zero-order valence-corrected chi connectivity index (χ0v) is 19.1. The van der Waals surface area contributed by atoms with Gasteiger partial charge in [-0.25, -0.2) is 0 Å². The van der Waals surface area contributed by atoms with Crippen molar-refractivity contribution >= 4 is 5.97 Å². The third kappa shape index (κ3) is 8.40. The molecule has 0 aliphatic heterocycles. The Morgan fingerprint density at radius 2 is 1.87 bits per heavy atom. The van der Waals surface area contributed by atoms with Crippen molar-refractivity contribution in [2.45, 2.75) is 89.9 Å². The van der Waals surface area contributed by atoms with Crippen LogP contribution in [0, 0.1) is 11.8 Å². The zero-order valence-electron chi connectivity index (χ0n) is 19.1. The molecular formula is C26H40O5. The van der Waals surface area contributed by atoms with Crippen molar-refractivity contribution in [1.29, 1.82) is 0 Å². The number of aliphatic hydroxyl groups is 3. The number of carbonyl (C=O) groups is 1. The molecule has 0 spiro atoms. The third-order valence-corrected chi connectivity index (χ3v) is 6.28. The van der Waals surface area contributed by atoms with Gasteiger partial charge in [-0.2, -0.15) is 0 Å². The number of hydrogen-bond donors (Lipinski definition) is 3. The van der Waals surface area contributed by atoms with Crippen LogP contribution in [-0.2, 0) is 22.4 Å². The summed E-state index contributed by atoms with van der Waals surface area (Å²) in [5, 5.41) is 31.3. The van der Waals surface area contributed by atoms with E-state index in [9.17, 15) is 20.1 Å². The maximum atomic E-state index is 11.6. The first-order valence-electron chi connectivity index (χ1n) is 11.9. The van der Waals surface area contributed by atoms with Crippen molar-refractivity contribution < 1.29 is 24.9 Å². The van der Waals surface area contributed by atoms with E-state index in [0.29, 0.717) is 25.9 Å². The van der Waals surface area contributed by atoms with Gasteiger partial charge in [0.2, 0.25) is 0 Å². The second-order valence-electron chi connectivity index (χ2n) is 8.69. The van der Waals surface area contributed by atoms with Crippen molar-refractivity contribution in [2.75, 3.05) is 6.61 Å². The van der Waals surface area contributed by atoms with Crippen molar-refractivity contribution in [3.05, 3.63) is 47.5 Å². The Kier molecular flexibility index (Phi) is 11.3. The number of ether oxygens (including phenoxy) is 1. The average Bonchev–Trinajstić information content (AvgIpc) is 3.00. The van der Waals surface area contributed by atoms with Crippen LogP contribution in [0.1, 0.15) is 69.9 Å². The summed E-state index contributed by atoms with van der Waals surface area (Å²) in [4.78, 5) is 11.6. The maximum Gasteiger partial charge on any atom is 0.305 e. The minimum atomic E-state index is -0.602. The minimum Gasteiger partial charge on any atom is -0.466 e. The van der Waals surface area contributed by atoms with E-state index in [1.807, 2.05) is 25.1 Å². The van der Waals surface area contributed by atoms with Gasteiger partial charge in [0.1, 0.15) is 0 Å². The first-order valence-corrected chi connectivity index (χ1v) is 11.9. The normalized spacial score (nSPS) is 24.5.